The Bertz CT molecular complexity index is 737. The number of ether oxygens (including phenoxy) is 1. The van der Waals surface area contributed by atoms with E-state index < -0.39 is 0 Å². The van der Waals surface area contributed by atoms with E-state index >= 15 is 0 Å². The van der Waals surface area contributed by atoms with Gasteiger partial charge in [0.1, 0.15) is 5.75 Å². The van der Waals surface area contributed by atoms with Gasteiger partial charge in [0.15, 0.2) is 0 Å². The molecule has 1 saturated heterocycles. The highest BCUT2D eigenvalue weighted by atomic mass is 16.5. The highest BCUT2D eigenvalue weighted by molar-refractivity contribution is 5.94. The maximum atomic E-state index is 12.4. The van der Waals surface area contributed by atoms with Gasteiger partial charge >= 0.3 is 0 Å². The minimum absolute atomic E-state index is 0.00242. The smallest absolute Gasteiger partial charge is 0.251 e. The summed E-state index contributed by atoms with van der Waals surface area (Å²) in [6, 6.07) is 16.2. The van der Waals surface area contributed by atoms with Crippen molar-refractivity contribution in [2.75, 3.05) is 26.2 Å². The van der Waals surface area contributed by atoms with Gasteiger partial charge in [0, 0.05) is 18.7 Å². The van der Waals surface area contributed by atoms with E-state index in [2.05, 4.69) is 28.4 Å². The van der Waals surface area contributed by atoms with Crippen LogP contribution in [0.5, 0.6) is 5.75 Å². The average molecular weight is 381 g/mol. The predicted molar refractivity (Wildman–Crippen MR) is 114 cm³/mol. The molecule has 0 unspecified atom stereocenters. The summed E-state index contributed by atoms with van der Waals surface area (Å²) in [6.45, 7) is 6.69. The molecular formula is C24H32N2O2. The maximum Gasteiger partial charge on any atom is 0.251 e. The fraction of sp³-hybridized carbons (Fsp3) is 0.458. The minimum atomic E-state index is 0.00242. The Balaban J connectivity index is 1.42. The van der Waals surface area contributed by atoms with Crippen LogP contribution < -0.4 is 10.1 Å². The molecule has 1 amide bonds. The Morgan fingerprint density at radius 2 is 1.79 bits per heavy atom. The topological polar surface area (TPSA) is 41.6 Å². The lowest BCUT2D eigenvalue weighted by Gasteiger charge is -2.26. The van der Waals surface area contributed by atoms with Crippen LogP contribution in [0, 0.1) is 0 Å². The largest absolute Gasteiger partial charge is 0.494 e. The molecule has 1 heterocycles. The molecule has 2 aromatic rings. The molecule has 4 heteroatoms. The highest BCUT2D eigenvalue weighted by Gasteiger charge is 2.11. The van der Waals surface area contributed by atoms with Crippen LogP contribution in [0.2, 0.25) is 0 Å². The van der Waals surface area contributed by atoms with E-state index in [0.717, 1.165) is 30.7 Å². The average Bonchev–Trinajstić information content (AvgIpc) is 2.73. The summed E-state index contributed by atoms with van der Waals surface area (Å²) in [4.78, 5) is 14.9. The third-order valence-corrected chi connectivity index (χ3v) is 5.25. The molecule has 28 heavy (non-hydrogen) atoms. The second-order valence-electron chi connectivity index (χ2n) is 7.43. The number of benzene rings is 2. The number of likely N-dealkylation sites (tertiary alicyclic amines) is 1. The van der Waals surface area contributed by atoms with Crippen LogP contribution in [0.4, 0.5) is 0 Å². The zero-order valence-electron chi connectivity index (χ0n) is 17.0. The zero-order chi connectivity index (χ0) is 19.6. The molecule has 3 rings (SSSR count). The molecule has 0 saturated carbocycles. The standard InChI is InChI=1S/C24H32N2O2/c1-2-28-23-11-5-4-9-21(23)10-8-16-25-24(27)22-14-12-20(13-15-22)19-26-17-6-3-7-18-26/h4-5,9,11-15H,2-3,6-8,10,16-19H2,1H3,(H,25,27). The number of carbonyl (C=O) groups is 1. The minimum Gasteiger partial charge on any atom is -0.494 e. The zero-order valence-corrected chi connectivity index (χ0v) is 17.0. The Kier molecular flexibility index (Phi) is 7.92. The molecule has 0 bridgehead atoms. The predicted octanol–water partition coefficient (Wildman–Crippen LogP) is 4.43. The van der Waals surface area contributed by atoms with Gasteiger partial charge in [0.25, 0.3) is 5.91 Å². The van der Waals surface area contributed by atoms with Crippen molar-refractivity contribution in [2.24, 2.45) is 0 Å². The Hall–Kier alpha value is -2.33. The number of aryl methyl sites for hydroxylation is 1. The fourth-order valence-corrected chi connectivity index (χ4v) is 3.73. The van der Waals surface area contributed by atoms with Gasteiger partial charge in [0.05, 0.1) is 6.61 Å². The van der Waals surface area contributed by atoms with Crippen molar-refractivity contribution in [3.8, 4) is 5.75 Å². The molecule has 2 aromatic carbocycles. The second-order valence-corrected chi connectivity index (χ2v) is 7.43. The van der Waals surface area contributed by atoms with Crippen LogP contribution in [0.25, 0.3) is 0 Å². The van der Waals surface area contributed by atoms with Crippen molar-refractivity contribution in [1.82, 2.24) is 10.2 Å². The van der Waals surface area contributed by atoms with Crippen molar-refractivity contribution < 1.29 is 9.53 Å². The van der Waals surface area contributed by atoms with Gasteiger partial charge in [-0.25, -0.2) is 0 Å². The summed E-state index contributed by atoms with van der Waals surface area (Å²) in [6.07, 6.45) is 5.74. The molecule has 0 spiro atoms. The Morgan fingerprint density at radius 3 is 2.54 bits per heavy atom. The van der Waals surface area contributed by atoms with E-state index in [0.29, 0.717) is 13.2 Å². The summed E-state index contributed by atoms with van der Waals surface area (Å²) < 4.78 is 5.66. The van der Waals surface area contributed by atoms with E-state index in [9.17, 15) is 4.79 Å². The molecule has 4 nitrogen and oxygen atoms in total. The molecule has 1 aliphatic rings. The van der Waals surface area contributed by atoms with Crippen LogP contribution in [-0.4, -0.2) is 37.0 Å². The van der Waals surface area contributed by atoms with Gasteiger partial charge in [-0.1, -0.05) is 36.8 Å². The van der Waals surface area contributed by atoms with Crippen LogP contribution in [0.15, 0.2) is 48.5 Å². The Labute approximate surface area is 168 Å². The number of nitrogens with zero attached hydrogens (tertiary/aromatic N) is 1. The lowest BCUT2D eigenvalue weighted by Crippen LogP contribution is -2.29. The first-order valence-electron chi connectivity index (χ1n) is 10.6. The van der Waals surface area contributed by atoms with Gasteiger partial charge in [-0.2, -0.15) is 0 Å². The summed E-state index contributed by atoms with van der Waals surface area (Å²) in [5.41, 5.74) is 3.21. The molecule has 1 N–H and O–H groups in total. The summed E-state index contributed by atoms with van der Waals surface area (Å²) in [5.74, 6) is 0.947. The first-order valence-corrected chi connectivity index (χ1v) is 10.6. The molecule has 1 aliphatic heterocycles. The molecule has 0 atom stereocenters. The van der Waals surface area contributed by atoms with Gasteiger partial charge in [-0.05, 0) is 75.0 Å². The fourth-order valence-electron chi connectivity index (χ4n) is 3.73. The van der Waals surface area contributed by atoms with E-state index in [4.69, 9.17) is 4.74 Å². The first kappa shape index (κ1) is 20.4. The third kappa shape index (κ3) is 6.10. The van der Waals surface area contributed by atoms with Crippen molar-refractivity contribution in [3.63, 3.8) is 0 Å². The molecule has 150 valence electrons. The van der Waals surface area contributed by atoms with E-state index in [1.54, 1.807) is 0 Å². The van der Waals surface area contributed by atoms with Crippen LogP contribution in [0.1, 0.15) is 54.1 Å². The van der Waals surface area contributed by atoms with Crippen molar-refractivity contribution in [2.45, 2.75) is 45.6 Å². The highest BCUT2D eigenvalue weighted by Crippen LogP contribution is 2.19. The number of hydrogen-bond acceptors (Lipinski definition) is 3. The SMILES string of the molecule is CCOc1ccccc1CCCNC(=O)c1ccc(CN2CCCCC2)cc1. The maximum absolute atomic E-state index is 12.4. The van der Waals surface area contributed by atoms with Crippen molar-refractivity contribution in [1.29, 1.82) is 0 Å². The second kappa shape index (κ2) is 10.9. The van der Waals surface area contributed by atoms with E-state index in [1.807, 2.05) is 37.3 Å². The summed E-state index contributed by atoms with van der Waals surface area (Å²) in [5, 5.41) is 3.03. The summed E-state index contributed by atoms with van der Waals surface area (Å²) >= 11 is 0. The number of rotatable bonds is 9. The number of carbonyl (C=O) groups excluding carboxylic acids is 1. The quantitative estimate of drug-likeness (QED) is 0.654. The number of amides is 1. The van der Waals surface area contributed by atoms with Gasteiger partial charge in [-0.3, -0.25) is 9.69 Å². The Morgan fingerprint density at radius 1 is 1.04 bits per heavy atom. The van der Waals surface area contributed by atoms with Crippen LogP contribution in [0.3, 0.4) is 0 Å². The van der Waals surface area contributed by atoms with Crippen molar-refractivity contribution >= 4 is 5.91 Å². The first-order chi connectivity index (χ1) is 13.8. The third-order valence-electron chi connectivity index (χ3n) is 5.25. The van der Waals surface area contributed by atoms with Crippen LogP contribution in [-0.2, 0) is 13.0 Å². The molecule has 0 radical (unpaired) electrons. The molecule has 0 aliphatic carbocycles. The van der Waals surface area contributed by atoms with Gasteiger partial charge in [-0.15, -0.1) is 0 Å². The van der Waals surface area contributed by atoms with E-state index in [1.165, 1.54) is 43.5 Å². The molecule has 0 aromatic heterocycles. The lowest BCUT2D eigenvalue weighted by atomic mass is 10.1. The van der Waals surface area contributed by atoms with Crippen molar-refractivity contribution in [3.05, 3.63) is 65.2 Å². The molecular weight excluding hydrogens is 348 g/mol. The number of nitrogens with one attached hydrogen (secondary N) is 1. The van der Waals surface area contributed by atoms with E-state index in [-0.39, 0.29) is 5.91 Å². The number of piperidine rings is 1. The summed E-state index contributed by atoms with van der Waals surface area (Å²) in [7, 11) is 0. The monoisotopic (exact) mass is 380 g/mol. The van der Waals surface area contributed by atoms with Gasteiger partial charge < -0.3 is 10.1 Å². The lowest BCUT2D eigenvalue weighted by molar-refractivity contribution is 0.0953. The number of hydrogen-bond donors (Lipinski definition) is 1. The van der Waals surface area contributed by atoms with Crippen LogP contribution >= 0.6 is 0 Å². The van der Waals surface area contributed by atoms with Gasteiger partial charge in [0.2, 0.25) is 0 Å². The normalized spacial score (nSPS) is 14.6. The number of para-hydroxylation sites is 1. The molecule has 1 fully saturated rings.